The fourth-order valence-corrected chi connectivity index (χ4v) is 1.26. The average Bonchev–Trinajstić information content (AvgIpc) is 2.30. The lowest BCUT2D eigenvalue weighted by molar-refractivity contribution is -0.639. The molecular formula is C12H13N2O+. The fraction of sp³-hybridized carbons (Fsp3) is 0.0833. The molecule has 0 atom stereocenters. The maximum Gasteiger partial charge on any atom is 0.202 e. The van der Waals surface area contributed by atoms with E-state index in [0.717, 1.165) is 11.3 Å². The zero-order valence-electron chi connectivity index (χ0n) is 8.34. The molecule has 0 aliphatic rings. The molecule has 0 bridgehead atoms. The predicted octanol–water partition coefficient (Wildman–Crippen LogP) is 1.27. The first-order chi connectivity index (χ1) is 7.34. The Morgan fingerprint density at radius 1 is 1.00 bits per heavy atom. The summed E-state index contributed by atoms with van der Waals surface area (Å²) < 4.78 is 7.06. The van der Waals surface area contributed by atoms with Crippen LogP contribution in [0.2, 0.25) is 0 Å². The van der Waals surface area contributed by atoms with E-state index in [-0.39, 0.29) is 0 Å². The first kappa shape index (κ1) is 9.52. The fourth-order valence-electron chi connectivity index (χ4n) is 1.26. The third kappa shape index (κ3) is 2.71. The van der Waals surface area contributed by atoms with Crippen LogP contribution in [0.1, 0.15) is 5.56 Å². The molecule has 2 N–H and O–H groups in total. The number of ether oxygens (including phenoxy) is 1. The minimum atomic E-state index is 0.579. The summed E-state index contributed by atoms with van der Waals surface area (Å²) >= 11 is 0. The summed E-state index contributed by atoms with van der Waals surface area (Å²) in [4.78, 5) is 0. The number of rotatable bonds is 3. The molecule has 0 spiro atoms. The quantitative estimate of drug-likeness (QED) is 0.600. The molecule has 0 saturated heterocycles. The first-order valence-corrected chi connectivity index (χ1v) is 4.78. The van der Waals surface area contributed by atoms with Gasteiger partial charge in [-0.1, -0.05) is 35.0 Å². The van der Waals surface area contributed by atoms with Crippen molar-refractivity contribution in [1.82, 2.24) is 0 Å². The van der Waals surface area contributed by atoms with Crippen LogP contribution >= 0.6 is 0 Å². The van der Waals surface area contributed by atoms with Gasteiger partial charge >= 0.3 is 0 Å². The highest BCUT2D eigenvalue weighted by Crippen LogP contribution is 2.09. The van der Waals surface area contributed by atoms with E-state index < -0.39 is 0 Å². The van der Waals surface area contributed by atoms with Crippen LogP contribution in [0, 0.1) is 0 Å². The van der Waals surface area contributed by atoms with Gasteiger partial charge in [0, 0.05) is 12.1 Å². The molecule has 3 nitrogen and oxygen atoms in total. The Morgan fingerprint density at radius 2 is 1.67 bits per heavy atom. The zero-order chi connectivity index (χ0) is 10.5. The monoisotopic (exact) mass is 201 g/mol. The van der Waals surface area contributed by atoms with E-state index in [9.17, 15) is 0 Å². The van der Waals surface area contributed by atoms with Gasteiger partial charge in [0.2, 0.25) is 12.4 Å². The summed E-state index contributed by atoms with van der Waals surface area (Å²) in [5.74, 6) is 6.32. The van der Waals surface area contributed by atoms with E-state index in [0.29, 0.717) is 6.61 Å². The third-order valence-corrected chi connectivity index (χ3v) is 2.07. The lowest BCUT2D eigenvalue weighted by atomic mass is 10.2. The molecule has 0 radical (unpaired) electrons. The van der Waals surface area contributed by atoms with Crippen LogP contribution in [0.25, 0.3) is 0 Å². The summed E-state index contributed by atoms with van der Waals surface area (Å²) in [6.45, 7) is 0.579. The van der Waals surface area contributed by atoms with Gasteiger partial charge in [-0.3, -0.25) is 0 Å². The van der Waals surface area contributed by atoms with Gasteiger partial charge in [-0.25, -0.2) is 5.84 Å². The van der Waals surface area contributed by atoms with Crippen molar-refractivity contribution in [3.05, 3.63) is 60.4 Å². The molecular weight excluding hydrogens is 188 g/mol. The summed E-state index contributed by atoms with van der Waals surface area (Å²) in [5.41, 5.74) is 1.15. The van der Waals surface area contributed by atoms with Gasteiger partial charge in [-0.15, -0.1) is 0 Å². The number of pyridine rings is 1. The molecule has 1 aromatic heterocycles. The normalized spacial score (nSPS) is 9.87. The van der Waals surface area contributed by atoms with Crippen molar-refractivity contribution in [2.75, 3.05) is 5.84 Å². The molecule has 2 rings (SSSR count). The van der Waals surface area contributed by atoms with Crippen LogP contribution < -0.4 is 15.3 Å². The molecule has 1 aromatic carbocycles. The molecule has 3 heteroatoms. The number of benzene rings is 1. The Kier molecular flexibility index (Phi) is 2.83. The van der Waals surface area contributed by atoms with Crippen molar-refractivity contribution in [3.8, 4) is 5.75 Å². The maximum atomic E-state index is 5.58. The van der Waals surface area contributed by atoms with Gasteiger partial charge in [0.05, 0.1) is 0 Å². The Morgan fingerprint density at radius 3 is 2.33 bits per heavy atom. The van der Waals surface area contributed by atoms with Crippen molar-refractivity contribution >= 4 is 0 Å². The van der Waals surface area contributed by atoms with E-state index in [1.807, 2.05) is 42.5 Å². The predicted molar refractivity (Wildman–Crippen MR) is 57.6 cm³/mol. The average molecular weight is 201 g/mol. The zero-order valence-corrected chi connectivity index (χ0v) is 8.34. The van der Waals surface area contributed by atoms with Crippen LogP contribution in [-0.2, 0) is 6.61 Å². The number of nitrogen functional groups attached to an aromatic ring is 1. The molecule has 0 aliphatic carbocycles. The summed E-state index contributed by atoms with van der Waals surface area (Å²) in [6.07, 6.45) is 3.50. The van der Waals surface area contributed by atoms with Crippen molar-refractivity contribution in [2.24, 2.45) is 0 Å². The summed E-state index contributed by atoms with van der Waals surface area (Å²) in [5, 5.41) is 0. The molecule has 0 unspecified atom stereocenters. The molecule has 2 aromatic rings. The second-order valence-electron chi connectivity index (χ2n) is 3.26. The van der Waals surface area contributed by atoms with Crippen LogP contribution in [0.15, 0.2) is 54.9 Å². The number of nitrogens with two attached hydrogens (primary N) is 1. The number of nitrogens with zero attached hydrogens (tertiary/aromatic N) is 1. The summed E-state index contributed by atoms with van der Waals surface area (Å²) in [7, 11) is 0. The smallest absolute Gasteiger partial charge is 0.202 e. The molecule has 0 fully saturated rings. The molecule has 0 aliphatic heterocycles. The Hall–Kier alpha value is -2.03. The van der Waals surface area contributed by atoms with Crippen molar-refractivity contribution in [2.45, 2.75) is 6.61 Å². The highest BCUT2D eigenvalue weighted by molar-refractivity contribution is 5.18. The SMILES string of the molecule is N[n+]1ccc(OCc2ccccc2)cc1. The molecule has 0 amide bonds. The number of hydrogen-bond acceptors (Lipinski definition) is 2. The molecule has 15 heavy (non-hydrogen) atoms. The lowest BCUT2D eigenvalue weighted by Crippen LogP contribution is -2.43. The van der Waals surface area contributed by atoms with Gasteiger partial charge in [0.25, 0.3) is 0 Å². The Bertz CT molecular complexity index is 411. The van der Waals surface area contributed by atoms with Crippen molar-refractivity contribution in [3.63, 3.8) is 0 Å². The second-order valence-corrected chi connectivity index (χ2v) is 3.26. The van der Waals surface area contributed by atoms with Crippen LogP contribution in [0.4, 0.5) is 0 Å². The van der Waals surface area contributed by atoms with Crippen molar-refractivity contribution in [1.29, 1.82) is 0 Å². The van der Waals surface area contributed by atoms with Gasteiger partial charge in [-0.05, 0) is 5.56 Å². The largest absolute Gasteiger partial charge is 0.488 e. The van der Waals surface area contributed by atoms with Crippen LogP contribution in [0.3, 0.4) is 0 Å². The van der Waals surface area contributed by atoms with Gasteiger partial charge in [0.1, 0.15) is 12.4 Å². The minimum absolute atomic E-state index is 0.579. The van der Waals surface area contributed by atoms with Gasteiger partial charge in [0.15, 0.2) is 0 Å². The van der Waals surface area contributed by atoms with Crippen LogP contribution in [0.5, 0.6) is 5.75 Å². The lowest BCUT2D eigenvalue weighted by Gasteiger charge is -2.04. The second kappa shape index (κ2) is 4.46. The van der Waals surface area contributed by atoms with Gasteiger partial charge in [-0.2, -0.15) is 0 Å². The van der Waals surface area contributed by atoms with Crippen LogP contribution in [-0.4, -0.2) is 0 Å². The minimum Gasteiger partial charge on any atom is -0.488 e. The standard InChI is InChI=1S/C12H13N2O/c13-14-8-6-12(7-9-14)15-10-11-4-2-1-3-5-11/h1-9H,10,13H2/q+1. The van der Waals surface area contributed by atoms with E-state index in [1.165, 1.54) is 4.68 Å². The molecule has 1 heterocycles. The van der Waals surface area contributed by atoms with E-state index >= 15 is 0 Å². The summed E-state index contributed by atoms with van der Waals surface area (Å²) in [6, 6.07) is 13.7. The number of hydrogen-bond donors (Lipinski definition) is 1. The van der Waals surface area contributed by atoms with Gasteiger partial charge < -0.3 is 4.74 Å². The Labute approximate surface area is 88.7 Å². The highest BCUT2D eigenvalue weighted by Gasteiger charge is 1.97. The number of aromatic nitrogens is 1. The molecule has 76 valence electrons. The van der Waals surface area contributed by atoms with Crippen molar-refractivity contribution < 1.29 is 9.41 Å². The topological polar surface area (TPSA) is 39.1 Å². The van der Waals surface area contributed by atoms with E-state index in [4.69, 9.17) is 10.6 Å². The highest BCUT2D eigenvalue weighted by atomic mass is 16.5. The third-order valence-electron chi connectivity index (χ3n) is 2.07. The maximum absolute atomic E-state index is 5.58. The molecule has 0 saturated carbocycles. The van der Waals surface area contributed by atoms with E-state index in [2.05, 4.69) is 0 Å². The Balaban J connectivity index is 1.96. The first-order valence-electron chi connectivity index (χ1n) is 4.78. The van der Waals surface area contributed by atoms with E-state index in [1.54, 1.807) is 12.4 Å².